The monoisotopic (exact) mass is 352 g/mol. The van der Waals surface area contributed by atoms with Crippen LogP contribution < -0.4 is 9.47 Å². The number of carbonyl (C=O) groups excluding carboxylic acids is 1. The Kier molecular flexibility index (Phi) is 5.36. The number of aldehydes is 1. The summed E-state index contributed by atoms with van der Waals surface area (Å²) in [5.41, 5.74) is 3.05. The Morgan fingerprint density at radius 2 is 1.68 bits per heavy atom. The molecule has 126 valence electrons. The molecule has 0 saturated heterocycles. The largest absolute Gasteiger partial charge is 0.493 e. The molecule has 3 aromatic rings. The van der Waals surface area contributed by atoms with Gasteiger partial charge in [-0.25, -0.2) is 0 Å². The van der Waals surface area contributed by atoms with E-state index in [4.69, 9.17) is 21.1 Å². The van der Waals surface area contributed by atoms with Gasteiger partial charge in [0.1, 0.15) is 12.9 Å². The van der Waals surface area contributed by atoms with Crippen molar-refractivity contribution in [2.75, 3.05) is 7.11 Å². The fourth-order valence-electron chi connectivity index (χ4n) is 2.60. The van der Waals surface area contributed by atoms with Crippen molar-refractivity contribution in [2.24, 2.45) is 0 Å². The van der Waals surface area contributed by atoms with Crippen LogP contribution >= 0.6 is 11.6 Å². The van der Waals surface area contributed by atoms with Crippen LogP contribution in [0.15, 0.2) is 66.7 Å². The fraction of sp³-hybridized carbons (Fsp3) is 0.0952. The third kappa shape index (κ3) is 3.83. The summed E-state index contributed by atoms with van der Waals surface area (Å²) < 4.78 is 11.5. The second kappa shape index (κ2) is 7.86. The van der Waals surface area contributed by atoms with Crippen LogP contribution in [0.3, 0.4) is 0 Å². The smallest absolute Gasteiger partial charge is 0.169 e. The summed E-state index contributed by atoms with van der Waals surface area (Å²) in [5.74, 6) is 1.06. The van der Waals surface area contributed by atoms with Crippen molar-refractivity contribution in [1.29, 1.82) is 0 Å². The van der Waals surface area contributed by atoms with Crippen molar-refractivity contribution in [3.05, 3.63) is 82.9 Å². The minimum atomic E-state index is 0.384. The average molecular weight is 353 g/mol. The van der Waals surface area contributed by atoms with Gasteiger partial charge in [-0.3, -0.25) is 4.79 Å². The summed E-state index contributed by atoms with van der Waals surface area (Å²) in [6.45, 7) is 0.384. The van der Waals surface area contributed by atoms with E-state index in [1.807, 2.05) is 48.5 Å². The summed E-state index contributed by atoms with van der Waals surface area (Å²) in [6.07, 6.45) is 0.782. The van der Waals surface area contributed by atoms with E-state index in [-0.39, 0.29) is 0 Å². The second-order valence-corrected chi connectivity index (χ2v) is 5.88. The van der Waals surface area contributed by atoms with Gasteiger partial charge >= 0.3 is 0 Å². The number of rotatable bonds is 6. The first-order chi connectivity index (χ1) is 12.2. The predicted molar refractivity (Wildman–Crippen MR) is 99.6 cm³/mol. The maximum Gasteiger partial charge on any atom is 0.169 e. The standard InChI is InChI=1S/C21H17ClO3/c1-24-20-12-16(13-23)11-18(17-9-5-6-10-19(17)22)21(20)25-14-15-7-3-2-4-8-15/h2-13H,14H2,1H3. The van der Waals surface area contributed by atoms with Gasteiger partial charge in [0.2, 0.25) is 0 Å². The Balaban J connectivity index is 2.08. The van der Waals surface area contributed by atoms with Gasteiger partial charge in [0.05, 0.1) is 7.11 Å². The zero-order valence-corrected chi connectivity index (χ0v) is 14.5. The van der Waals surface area contributed by atoms with Gasteiger partial charge in [0.15, 0.2) is 11.5 Å². The first kappa shape index (κ1) is 17.1. The Morgan fingerprint density at radius 1 is 0.960 bits per heavy atom. The maximum absolute atomic E-state index is 11.3. The van der Waals surface area contributed by atoms with E-state index in [9.17, 15) is 4.79 Å². The molecule has 0 aliphatic heterocycles. The average Bonchev–Trinajstić information content (AvgIpc) is 2.67. The molecule has 0 saturated carbocycles. The highest BCUT2D eigenvalue weighted by Crippen LogP contribution is 2.42. The molecule has 0 unspecified atom stereocenters. The van der Waals surface area contributed by atoms with Crippen LogP contribution in [0.2, 0.25) is 5.02 Å². The van der Waals surface area contributed by atoms with Crippen molar-refractivity contribution in [3.63, 3.8) is 0 Å². The van der Waals surface area contributed by atoms with Crippen LogP contribution in [-0.4, -0.2) is 13.4 Å². The fourth-order valence-corrected chi connectivity index (χ4v) is 2.84. The molecule has 0 amide bonds. The molecule has 0 bridgehead atoms. The zero-order valence-electron chi connectivity index (χ0n) is 13.7. The lowest BCUT2D eigenvalue weighted by Gasteiger charge is -2.17. The molecule has 3 aromatic carbocycles. The summed E-state index contributed by atoms with van der Waals surface area (Å²) in [5, 5.41) is 0.581. The number of ether oxygens (including phenoxy) is 2. The lowest BCUT2D eigenvalue weighted by atomic mass is 10.0. The van der Waals surface area contributed by atoms with Gasteiger partial charge in [-0.05, 0) is 23.8 Å². The van der Waals surface area contributed by atoms with E-state index in [1.165, 1.54) is 0 Å². The summed E-state index contributed by atoms with van der Waals surface area (Å²) in [6, 6.07) is 20.7. The van der Waals surface area contributed by atoms with Gasteiger partial charge in [-0.1, -0.05) is 60.1 Å². The Bertz CT molecular complexity index is 876. The SMILES string of the molecule is COc1cc(C=O)cc(-c2ccccc2Cl)c1OCc1ccccc1. The van der Waals surface area contributed by atoms with E-state index >= 15 is 0 Å². The molecule has 0 aliphatic rings. The van der Waals surface area contributed by atoms with E-state index in [1.54, 1.807) is 25.3 Å². The van der Waals surface area contributed by atoms with Gasteiger partial charge in [-0.15, -0.1) is 0 Å². The van der Waals surface area contributed by atoms with Gasteiger partial charge in [-0.2, -0.15) is 0 Å². The van der Waals surface area contributed by atoms with E-state index in [2.05, 4.69) is 0 Å². The van der Waals surface area contributed by atoms with Crippen molar-refractivity contribution < 1.29 is 14.3 Å². The van der Waals surface area contributed by atoms with Crippen LogP contribution in [0.1, 0.15) is 15.9 Å². The highest BCUT2D eigenvalue weighted by Gasteiger charge is 2.17. The molecule has 3 nitrogen and oxygen atoms in total. The number of hydrogen-bond acceptors (Lipinski definition) is 3. The summed E-state index contributed by atoms with van der Waals surface area (Å²) in [7, 11) is 1.55. The Hall–Kier alpha value is -2.78. The minimum Gasteiger partial charge on any atom is -0.493 e. The molecule has 25 heavy (non-hydrogen) atoms. The molecule has 0 fully saturated rings. The van der Waals surface area contributed by atoms with Crippen molar-refractivity contribution in [1.82, 2.24) is 0 Å². The lowest BCUT2D eigenvalue weighted by Crippen LogP contribution is -2.01. The zero-order chi connectivity index (χ0) is 17.6. The number of hydrogen-bond donors (Lipinski definition) is 0. The molecule has 0 spiro atoms. The Morgan fingerprint density at radius 3 is 2.36 bits per heavy atom. The number of benzene rings is 3. The molecule has 4 heteroatoms. The van der Waals surface area contributed by atoms with Gasteiger partial charge < -0.3 is 9.47 Å². The molecule has 0 heterocycles. The van der Waals surface area contributed by atoms with Crippen LogP contribution in [0, 0.1) is 0 Å². The van der Waals surface area contributed by atoms with Crippen LogP contribution in [0.4, 0.5) is 0 Å². The number of methoxy groups -OCH3 is 1. The van der Waals surface area contributed by atoms with E-state index in [0.29, 0.717) is 28.7 Å². The quantitative estimate of drug-likeness (QED) is 0.556. The Labute approximate surface area is 151 Å². The first-order valence-electron chi connectivity index (χ1n) is 7.81. The van der Waals surface area contributed by atoms with Gasteiger partial charge in [0, 0.05) is 21.7 Å². The lowest BCUT2D eigenvalue weighted by molar-refractivity contribution is 0.112. The number of halogens is 1. The van der Waals surface area contributed by atoms with Crippen molar-refractivity contribution in [3.8, 4) is 22.6 Å². The molecular formula is C21H17ClO3. The molecular weight excluding hydrogens is 336 g/mol. The first-order valence-corrected chi connectivity index (χ1v) is 8.19. The molecule has 0 aromatic heterocycles. The predicted octanol–water partition coefficient (Wildman–Crippen LogP) is 5.41. The van der Waals surface area contributed by atoms with Crippen molar-refractivity contribution >= 4 is 17.9 Å². The molecule has 3 rings (SSSR count). The normalized spacial score (nSPS) is 10.3. The van der Waals surface area contributed by atoms with E-state index < -0.39 is 0 Å². The van der Waals surface area contributed by atoms with Crippen LogP contribution in [-0.2, 0) is 6.61 Å². The highest BCUT2D eigenvalue weighted by molar-refractivity contribution is 6.33. The third-order valence-electron chi connectivity index (χ3n) is 3.82. The van der Waals surface area contributed by atoms with Crippen LogP contribution in [0.5, 0.6) is 11.5 Å². The van der Waals surface area contributed by atoms with Crippen molar-refractivity contribution in [2.45, 2.75) is 6.61 Å². The van der Waals surface area contributed by atoms with Crippen LogP contribution in [0.25, 0.3) is 11.1 Å². The molecule has 0 aliphatic carbocycles. The maximum atomic E-state index is 11.3. The topological polar surface area (TPSA) is 35.5 Å². The molecule has 0 atom stereocenters. The second-order valence-electron chi connectivity index (χ2n) is 5.47. The van der Waals surface area contributed by atoms with E-state index in [0.717, 1.165) is 23.0 Å². The molecule has 0 radical (unpaired) electrons. The summed E-state index contributed by atoms with van der Waals surface area (Å²) in [4.78, 5) is 11.3. The molecule has 0 N–H and O–H groups in total. The highest BCUT2D eigenvalue weighted by atomic mass is 35.5. The summed E-state index contributed by atoms with van der Waals surface area (Å²) >= 11 is 6.35. The van der Waals surface area contributed by atoms with Gasteiger partial charge in [0.25, 0.3) is 0 Å². The number of carbonyl (C=O) groups is 1. The third-order valence-corrected chi connectivity index (χ3v) is 4.15. The minimum absolute atomic E-state index is 0.384.